The Morgan fingerprint density at radius 3 is 2.40 bits per heavy atom. The van der Waals surface area contributed by atoms with Crippen LogP contribution < -0.4 is 9.47 Å². The fourth-order valence-corrected chi connectivity index (χ4v) is 6.91. The van der Waals surface area contributed by atoms with E-state index in [4.69, 9.17) is 30.8 Å². The number of hydrogen-bond donors (Lipinski definition) is 0. The monoisotopic (exact) mass is 621 g/mol. The third-order valence-electron chi connectivity index (χ3n) is 7.85. The highest BCUT2D eigenvalue weighted by Gasteiger charge is 2.32. The van der Waals surface area contributed by atoms with Crippen molar-refractivity contribution in [2.75, 3.05) is 40.5 Å². The minimum Gasteiger partial charge on any atom is -0.493 e. The second-order valence-electron chi connectivity index (χ2n) is 10.2. The molecule has 2 aromatic carbocycles. The fraction of sp³-hybridized carbons (Fsp3) is 0.364. The van der Waals surface area contributed by atoms with Crippen LogP contribution in [0, 0.1) is 0 Å². The summed E-state index contributed by atoms with van der Waals surface area (Å²) in [6.45, 7) is 9.34. The van der Waals surface area contributed by atoms with Crippen molar-refractivity contribution in [3.8, 4) is 22.6 Å². The summed E-state index contributed by atoms with van der Waals surface area (Å²) in [7, 11) is 3.18. The quantitative estimate of drug-likeness (QED) is 0.179. The van der Waals surface area contributed by atoms with Crippen molar-refractivity contribution in [2.24, 2.45) is 0 Å². The molecule has 0 radical (unpaired) electrons. The fourth-order valence-electron chi connectivity index (χ4n) is 5.58. The number of esters is 1. The van der Waals surface area contributed by atoms with Crippen LogP contribution in [0.25, 0.3) is 21.3 Å². The predicted octanol–water partition coefficient (Wildman–Crippen LogP) is 6.85. The topological polar surface area (TPSA) is 81.2 Å². The first kappa shape index (κ1) is 30.8. The van der Waals surface area contributed by atoms with E-state index in [2.05, 4.69) is 18.7 Å². The van der Waals surface area contributed by atoms with Crippen LogP contribution in [0.4, 0.5) is 0 Å². The molecule has 2 aromatic heterocycles. The molecule has 0 fully saturated rings. The number of carbonyl (C=O) groups is 2. The Bertz CT molecular complexity index is 1650. The van der Waals surface area contributed by atoms with Gasteiger partial charge in [-0.25, -0.2) is 9.78 Å². The molecule has 10 heteroatoms. The number of halogens is 1. The summed E-state index contributed by atoms with van der Waals surface area (Å²) in [5.74, 6) is 0.651. The third-order valence-corrected chi connectivity index (χ3v) is 9.29. The number of ether oxygens (including phenoxy) is 3. The Kier molecular flexibility index (Phi) is 9.54. The molecule has 0 atom stereocenters. The van der Waals surface area contributed by atoms with Gasteiger partial charge in [0, 0.05) is 46.0 Å². The average molecular weight is 622 g/mol. The lowest BCUT2D eigenvalue weighted by Crippen LogP contribution is -2.35. The summed E-state index contributed by atoms with van der Waals surface area (Å²) in [6, 6.07) is 12.6. The number of fused-ring (bicyclic) bond motifs is 3. The Morgan fingerprint density at radius 1 is 1.02 bits per heavy atom. The lowest BCUT2D eigenvalue weighted by molar-refractivity contribution is 0.0524. The Hall–Kier alpha value is -3.66. The van der Waals surface area contributed by atoms with Gasteiger partial charge in [0.15, 0.2) is 11.5 Å². The molecule has 0 aliphatic carbocycles. The molecule has 1 aliphatic rings. The van der Waals surface area contributed by atoms with E-state index in [0.29, 0.717) is 59.4 Å². The number of carbonyl (C=O) groups excluding carboxylic acids is 2. The van der Waals surface area contributed by atoms with Crippen molar-refractivity contribution in [1.82, 2.24) is 14.8 Å². The third kappa shape index (κ3) is 6.07. The number of amides is 1. The van der Waals surface area contributed by atoms with Gasteiger partial charge in [-0.3, -0.25) is 9.69 Å². The molecule has 0 bridgehead atoms. The normalized spacial score (nSPS) is 12.9. The first-order valence-corrected chi connectivity index (χ1v) is 15.7. The van der Waals surface area contributed by atoms with Gasteiger partial charge in [-0.2, -0.15) is 0 Å². The highest BCUT2D eigenvalue weighted by atomic mass is 35.5. The number of hydrogen-bond acceptors (Lipinski definition) is 8. The van der Waals surface area contributed by atoms with Crippen molar-refractivity contribution in [3.05, 3.63) is 74.7 Å². The summed E-state index contributed by atoms with van der Waals surface area (Å²) in [5, 5.41) is 1.45. The van der Waals surface area contributed by atoms with E-state index >= 15 is 0 Å². The highest BCUT2D eigenvalue weighted by molar-refractivity contribution is 7.19. The number of thiophene rings is 1. The molecule has 1 aliphatic heterocycles. The maximum atomic E-state index is 13.8. The van der Waals surface area contributed by atoms with Crippen molar-refractivity contribution in [3.63, 3.8) is 0 Å². The number of nitrogens with zero attached hydrogens (tertiary/aromatic N) is 3. The molecule has 43 heavy (non-hydrogen) atoms. The number of benzene rings is 2. The van der Waals surface area contributed by atoms with Crippen LogP contribution >= 0.6 is 22.9 Å². The summed E-state index contributed by atoms with van der Waals surface area (Å²) in [4.78, 5) is 38.6. The summed E-state index contributed by atoms with van der Waals surface area (Å²) >= 11 is 7.71. The van der Waals surface area contributed by atoms with Gasteiger partial charge >= 0.3 is 5.97 Å². The molecule has 4 aromatic rings. The molecule has 0 saturated heterocycles. The van der Waals surface area contributed by atoms with Crippen LogP contribution in [-0.2, 0) is 24.2 Å². The van der Waals surface area contributed by atoms with E-state index in [1.165, 1.54) is 4.88 Å². The first-order chi connectivity index (χ1) is 20.8. The number of pyridine rings is 1. The van der Waals surface area contributed by atoms with E-state index in [1.807, 2.05) is 23.1 Å². The molecule has 0 unspecified atom stereocenters. The van der Waals surface area contributed by atoms with Crippen LogP contribution in [0.15, 0.2) is 42.5 Å². The van der Waals surface area contributed by atoms with Crippen molar-refractivity contribution in [2.45, 2.75) is 40.3 Å². The van der Waals surface area contributed by atoms with Gasteiger partial charge in [0.1, 0.15) is 4.83 Å². The summed E-state index contributed by atoms with van der Waals surface area (Å²) < 4.78 is 16.8. The van der Waals surface area contributed by atoms with Crippen molar-refractivity contribution < 1.29 is 23.8 Å². The van der Waals surface area contributed by atoms with E-state index in [9.17, 15) is 9.59 Å². The molecule has 1 amide bonds. The van der Waals surface area contributed by atoms with Gasteiger partial charge < -0.3 is 19.1 Å². The lowest BCUT2D eigenvalue weighted by atomic mass is 9.91. The molecular weight excluding hydrogens is 586 g/mol. The maximum absolute atomic E-state index is 13.8. The van der Waals surface area contributed by atoms with Crippen LogP contribution in [0.2, 0.25) is 5.02 Å². The number of aromatic nitrogens is 1. The van der Waals surface area contributed by atoms with E-state index < -0.39 is 5.97 Å². The largest absolute Gasteiger partial charge is 0.493 e. The minimum absolute atomic E-state index is 0.0638. The number of rotatable bonds is 10. The Morgan fingerprint density at radius 2 is 1.74 bits per heavy atom. The van der Waals surface area contributed by atoms with E-state index in [0.717, 1.165) is 40.0 Å². The Balaban J connectivity index is 1.76. The maximum Gasteiger partial charge on any atom is 0.340 e. The number of methoxy groups -OCH3 is 2. The van der Waals surface area contributed by atoms with Gasteiger partial charge in [-0.05, 0) is 74.0 Å². The van der Waals surface area contributed by atoms with Gasteiger partial charge in [0.05, 0.1) is 32.1 Å². The molecule has 0 saturated carbocycles. The van der Waals surface area contributed by atoms with Gasteiger partial charge in [-0.1, -0.05) is 31.5 Å². The molecular formula is C33H36ClN3O5S. The average Bonchev–Trinajstić information content (AvgIpc) is 3.39. The van der Waals surface area contributed by atoms with Crippen LogP contribution in [0.5, 0.6) is 11.5 Å². The minimum atomic E-state index is -0.423. The first-order valence-electron chi connectivity index (χ1n) is 14.5. The zero-order valence-electron chi connectivity index (χ0n) is 25.2. The second-order valence-corrected chi connectivity index (χ2v) is 11.7. The Labute approximate surface area is 261 Å². The summed E-state index contributed by atoms with van der Waals surface area (Å²) in [6.07, 6.45) is 0.696. The zero-order valence-corrected chi connectivity index (χ0v) is 26.7. The standard InChI is InChI=1S/C33H36ClN3O5S/c1-6-36(7-2)19-24-30(33(39)42-8-3)28(21-11-14-25(40-4)26(17-21)41-5)29-23-18-37(16-15-27(23)43-31(29)35-24)32(38)20-9-12-22(34)13-10-20/h9-14,17H,6-8,15-16,18-19H2,1-5H3. The van der Waals surface area contributed by atoms with Crippen LogP contribution in [0.3, 0.4) is 0 Å². The molecule has 5 rings (SSSR count). The van der Waals surface area contributed by atoms with Crippen LogP contribution in [0.1, 0.15) is 57.6 Å². The SMILES string of the molecule is CCOC(=O)c1c(CN(CC)CC)nc2sc3c(c2c1-c1ccc(OC)c(OC)c1)CN(C(=O)c1ccc(Cl)cc1)CC3. The van der Waals surface area contributed by atoms with E-state index in [1.54, 1.807) is 56.7 Å². The van der Waals surface area contributed by atoms with Gasteiger partial charge in [0.2, 0.25) is 0 Å². The summed E-state index contributed by atoms with van der Waals surface area (Å²) in [5.41, 5.74) is 4.23. The molecule has 0 N–H and O–H groups in total. The van der Waals surface area contributed by atoms with Crippen LogP contribution in [-0.4, -0.2) is 67.1 Å². The predicted molar refractivity (Wildman–Crippen MR) is 171 cm³/mol. The highest BCUT2D eigenvalue weighted by Crippen LogP contribution is 2.45. The molecule has 226 valence electrons. The molecule has 3 heterocycles. The smallest absolute Gasteiger partial charge is 0.340 e. The zero-order chi connectivity index (χ0) is 30.7. The lowest BCUT2D eigenvalue weighted by Gasteiger charge is -2.28. The van der Waals surface area contributed by atoms with E-state index in [-0.39, 0.29) is 12.5 Å². The van der Waals surface area contributed by atoms with Gasteiger partial charge in [-0.15, -0.1) is 11.3 Å². The van der Waals surface area contributed by atoms with Gasteiger partial charge in [0.25, 0.3) is 5.91 Å². The van der Waals surface area contributed by atoms with Crippen molar-refractivity contribution in [1.29, 1.82) is 0 Å². The molecule has 0 spiro atoms. The second kappa shape index (κ2) is 13.3. The van der Waals surface area contributed by atoms with Crippen molar-refractivity contribution >= 4 is 45.0 Å². The molecule has 8 nitrogen and oxygen atoms in total.